The highest BCUT2D eigenvalue weighted by Gasteiger charge is 2.30. The first-order valence-corrected chi connectivity index (χ1v) is 15.1. The summed E-state index contributed by atoms with van der Waals surface area (Å²) in [4.78, 5) is 24.5. The summed E-state index contributed by atoms with van der Waals surface area (Å²) in [5, 5.41) is 38.6. The lowest BCUT2D eigenvalue weighted by Crippen LogP contribution is -2.33. The number of allylic oxidation sites excluding steroid dienone is 1. The zero-order valence-corrected chi connectivity index (χ0v) is 26.3. The van der Waals surface area contributed by atoms with Crippen molar-refractivity contribution in [3.05, 3.63) is 125 Å². The van der Waals surface area contributed by atoms with E-state index < -0.39 is 17.3 Å². The van der Waals surface area contributed by atoms with Gasteiger partial charge in [-0.3, -0.25) is 9.59 Å². The molecule has 4 rings (SSSR count). The smallest absolute Gasteiger partial charge is 0.327 e. The van der Waals surface area contributed by atoms with E-state index in [1.165, 1.54) is 7.11 Å². The van der Waals surface area contributed by atoms with Gasteiger partial charge in [0, 0.05) is 30.4 Å². The third-order valence-corrected chi connectivity index (χ3v) is 8.13. The number of rotatable bonds is 13. The van der Waals surface area contributed by atoms with E-state index in [2.05, 4.69) is 10.8 Å². The number of aromatic hydroxyl groups is 2. The van der Waals surface area contributed by atoms with Gasteiger partial charge in [-0.25, -0.2) is 4.57 Å². The SMILES string of the molecule is COC(=O)C(C#N)c1ccc(/C(C#N)=C/c2cc[n+](CCCOC(=O)CCC(C)(c3ccc(O)cc3)c3ccc(O)cc3)cc2)cc1. The summed E-state index contributed by atoms with van der Waals surface area (Å²) >= 11 is 0. The highest BCUT2D eigenvalue weighted by molar-refractivity contribution is 5.89. The van der Waals surface area contributed by atoms with Crippen molar-refractivity contribution in [3.8, 4) is 23.6 Å². The van der Waals surface area contributed by atoms with Gasteiger partial charge in [0.1, 0.15) is 11.5 Å². The van der Waals surface area contributed by atoms with Gasteiger partial charge in [0.05, 0.1) is 31.4 Å². The van der Waals surface area contributed by atoms with Gasteiger partial charge < -0.3 is 19.7 Å². The zero-order chi connectivity index (χ0) is 33.8. The Morgan fingerprint density at radius 2 is 1.47 bits per heavy atom. The molecule has 0 saturated carbocycles. The van der Waals surface area contributed by atoms with E-state index in [-0.39, 0.29) is 30.5 Å². The number of benzene rings is 3. The molecule has 0 amide bonds. The van der Waals surface area contributed by atoms with Gasteiger partial charge in [-0.2, -0.15) is 10.5 Å². The van der Waals surface area contributed by atoms with Crippen molar-refractivity contribution < 1.29 is 33.8 Å². The van der Waals surface area contributed by atoms with Crippen LogP contribution >= 0.6 is 0 Å². The Labute approximate surface area is 274 Å². The molecule has 0 saturated heterocycles. The van der Waals surface area contributed by atoms with Crippen LogP contribution in [0.15, 0.2) is 97.3 Å². The third-order valence-electron chi connectivity index (χ3n) is 8.13. The van der Waals surface area contributed by atoms with Crippen molar-refractivity contribution in [1.29, 1.82) is 10.5 Å². The highest BCUT2D eigenvalue weighted by Crippen LogP contribution is 2.38. The molecule has 9 nitrogen and oxygen atoms in total. The average Bonchev–Trinajstić information content (AvgIpc) is 3.09. The van der Waals surface area contributed by atoms with Crippen molar-refractivity contribution >= 4 is 23.6 Å². The maximum Gasteiger partial charge on any atom is 0.327 e. The first kappa shape index (κ1) is 34.0. The summed E-state index contributed by atoms with van der Waals surface area (Å²) < 4.78 is 12.2. The molecule has 0 spiro atoms. The minimum atomic E-state index is -1.03. The van der Waals surface area contributed by atoms with E-state index in [9.17, 15) is 30.3 Å². The van der Waals surface area contributed by atoms with E-state index >= 15 is 0 Å². The zero-order valence-electron chi connectivity index (χ0n) is 26.3. The van der Waals surface area contributed by atoms with E-state index in [0.717, 1.165) is 16.7 Å². The number of carbonyl (C=O) groups excluding carboxylic acids is 2. The van der Waals surface area contributed by atoms with Crippen molar-refractivity contribution in [2.24, 2.45) is 0 Å². The first-order valence-electron chi connectivity index (χ1n) is 15.1. The summed E-state index contributed by atoms with van der Waals surface area (Å²) in [7, 11) is 1.23. The standard InChI is InChI=1S/C38H35N3O6/c1-38(31-8-12-33(42)13-9-31,32-10-14-34(43)15-11-32)19-16-36(44)47-23-3-20-41-21-17-27(18-22-41)24-30(25-39)28-4-6-29(7-5-28)35(26-40)37(45)46-2/h4-15,17-18,21-22,24,35H,3,16,19-20,23H2,1-2H3,(H-,42,43)/p+1/b30-24+. The molecule has 1 aromatic heterocycles. The van der Waals surface area contributed by atoms with E-state index in [1.807, 2.05) is 66.4 Å². The molecule has 0 radical (unpaired) electrons. The number of carbonyl (C=O) groups is 2. The van der Waals surface area contributed by atoms with Crippen LogP contribution in [-0.4, -0.2) is 35.9 Å². The molecule has 1 atom stereocenters. The topological polar surface area (TPSA) is 145 Å². The van der Waals surface area contributed by atoms with Crippen LogP contribution in [0.4, 0.5) is 0 Å². The summed E-state index contributed by atoms with van der Waals surface area (Å²) in [5.41, 5.74) is 3.74. The number of methoxy groups -OCH3 is 1. The van der Waals surface area contributed by atoms with Crippen LogP contribution in [0.5, 0.6) is 11.5 Å². The van der Waals surface area contributed by atoms with E-state index in [1.54, 1.807) is 54.6 Å². The number of hydrogen-bond acceptors (Lipinski definition) is 8. The van der Waals surface area contributed by atoms with Crippen LogP contribution in [0.1, 0.15) is 59.9 Å². The number of aryl methyl sites for hydroxylation is 1. The highest BCUT2D eigenvalue weighted by atomic mass is 16.5. The van der Waals surface area contributed by atoms with Gasteiger partial charge in [0.2, 0.25) is 0 Å². The molecule has 0 aliphatic rings. The fraction of sp³-hybridized carbons (Fsp3) is 0.237. The maximum absolute atomic E-state index is 12.7. The molecule has 238 valence electrons. The van der Waals surface area contributed by atoms with Gasteiger partial charge in [0.25, 0.3) is 0 Å². The fourth-order valence-corrected chi connectivity index (χ4v) is 5.27. The number of aromatic nitrogens is 1. The first-order chi connectivity index (χ1) is 22.7. The Hall–Kier alpha value is -5.93. The van der Waals surface area contributed by atoms with E-state index in [4.69, 9.17) is 4.74 Å². The number of hydrogen-bond donors (Lipinski definition) is 2. The number of nitriles is 2. The second kappa shape index (κ2) is 15.9. The van der Waals surface area contributed by atoms with Crippen molar-refractivity contribution in [2.45, 2.75) is 44.1 Å². The Morgan fingerprint density at radius 3 is 1.98 bits per heavy atom. The lowest BCUT2D eigenvalue weighted by atomic mass is 9.73. The predicted octanol–water partition coefficient (Wildman–Crippen LogP) is 5.95. The molecule has 3 aromatic carbocycles. The molecular formula is C38H36N3O6+. The number of ether oxygens (including phenoxy) is 2. The quantitative estimate of drug-likeness (QED) is 0.0798. The minimum Gasteiger partial charge on any atom is -0.508 e. The summed E-state index contributed by atoms with van der Waals surface area (Å²) in [5.74, 6) is -1.64. The molecule has 1 unspecified atom stereocenters. The van der Waals surface area contributed by atoms with E-state index in [0.29, 0.717) is 36.1 Å². The molecule has 4 aromatic rings. The van der Waals surface area contributed by atoms with Gasteiger partial charge in [-0.15, -0.1) is 0 Å². The predicted molar refractivity (Wildman–Crippen MR) is 174 cm³/mol. The van der Waals surface area contributed by atoms with Crippen LogP contribution < -0.4 is 4.57 Å². The van der Waals surface area contributed by atoms with Crippen molar-refractivity contribution in [3.63, 3.8) is 0 Å². The summed E-state index contributed by atoms with van der Waals surface area (Å²) in [6.45, 7) is 2.92. The number of pyridine rings is 1. The van der Waals surface area contributed by atoms with Crippen LogP contribution in [0.2, 0.25) is 0 Å². The van der Waals surface area contributed by atoms with Gasteiger partial charge in [0.15, 0.2) is 24.9 Å². The Balaban J connectivity index is 1.29. The van der Waals surface area contributed by atoms with Gasteiger partial charge in [-0.1, -0.05) is 55.5 Å². The molecule has 47 heavy (non-hydrogen) atoms. The molecule has 9 heteroatoms. The Kier molecular flexibility index (Phi) is 11.5. The van der Waals surface area contributed by atoms with Crippen LogP contribution in [0.3, 0.4) is 0 Å². The van der Waals surface area contributed by atoms with Crippen LogP contribution in [-0.2, 0) is 31.0 Å². The molecule has 0 bridgehead atoms. The largest absolute Gasteiger partial charge is 0.508 e. The number of phenolic OH excluding ortho intramolecular Hbond substituents is 2. The number of phenols is 2. The lowest BCUT2D eigenvalue weighted by molar-refractivity contribution is -0.697. The average molecular weight is 631 g/mol. The van der Waals surface area contributed by atoms with Crippen molar-refractivity contribution in [1.82, 2.24) is 0 Å². The monoisotopic (exact) mass is 630 g/mol. The molecule has 0 aliphatic heterocycles. The minimum absolute atomic E-state index is 0.161. The van der Waals surface area contributed by atoms with Crippen LogP contribution in [0.25, 0.3) is 11.6 Å². The van der Waals surface area contributed by atoms with Gasteiger partial charge in [-0.05, 0) is 64.6 Å². The second-order valence-corrected chi connectivity index (χ2v) is 11.2. The molecule has 1 heterocycles. The van der Waals surface area contributed by atoms with Crippen LogP contribution in [0, 0.1) is 22.7 Å². The van der Waals surface area contributed by atoms with Gasteiger partial charge >= 0.3 is 11.9 Å². The summed E-state index contributed by atoms with van der Waals surface area (Å²) in [6, 6.07) is 28.4. The fourth-order valence-electron chi connectivity index (χ4n) is 5.27. The maximum atomic E-state index is 12.7. The molecule has 0 aliphatic carbocycles. The third kappa shape index (κ3) is 8.84. The molecular weight excluding hydrogens is 594 g/mol. The number of esters is 2. The molecule has 0 fully saturated rings. The normalized spacial score (nSPS) is 12.0. The van der Waals surface area contributed by atoms with Crippen molar-refractivity contribution in [2.75, 3.05) is 13.7 Å². The number of nitrogens with zero attached hydrogens (tertiary/aromatic N) is 3. The molecule has 2 N–H and O–H groups in total. The Morgan fingerprint density at radius 1 is 0.894 bits per heavy atom. The Bertz CT molecular complexity index is 1740. The summed E-state index contributed by atoms with van der Waals surface area (Å²) in [6.07, 6.45) is 6.83. The lowest BCUT2D eigenvalue weighted by Gasteiger charge is -2.31. The second-order valence-electron chi connectivity index (χ2n) is 11.2.